The molecule has 2 amide bonds. The molecule has 23 heavy (non-hydrogen) atoms. The molecule has 8 nitrogen and oxygen atoms in total. The van der Waals surface area contributed by atoms with Gasteiger partial charge in [0.15, 0.2) is 0 Å². The fraction of sp³-hybridized carbons (Fsp3) is 0.571. The zero-order valence-corrected chi connectivity index (χ0v) is 13.2. The fourth-order valence-electron chi connectivity index (χ4n) is 2.90. The largest absolute Gasteiger partial charge is 0.492 e. The third-order valence-corrected chi connectivity index (χ3v) is 5.56. The number of hydrogen-bond acceptors (Lipinski definition) is 6. The quantitative estimate of drug-likeness (QED) is 0.445. The van der Waals surface area contributed by atoms with Gasteiger partial charge in [-0.25, -0.2) is 9.59 Å². The van der Waals surface area contributed by atoms with E-state index in [1.807, 2.05) is 11.8 Å². The number of hydrogen-bond donors (Lipinski definition) is 4. The van der Waals surface area contributed by atoms with Crippen LogP contribution in [0, 0.1) is 0 Å². The van der Waals surface area contributed by atoms with Crippen LogP contribution in [-0.4, -0.2) is 50.0 Å². The monoisotopic (exact) mass is 341 g/mol. The first-order chi connectivity index (χ1) is 11.0. The van der Waals surface area contributed by atoms with Crippen molar-refractivity contribution in [1.82, 2.24) is 15.4 Å². The average molecular weight is 341 g/mol. The number of aromatic nitrogens is 1. The molecule has 1 aromatic rings. The summed E-state index contributed by atoms with van der Waals surface area (Å²) in [5.74, 6) is -0.246. The summed E-state index contributed by atoms with van der Waals surface area (Å²) in [6.45, 7) is 0. The molecule has 0 bridgehead atoms. The lowest BCUT2D eigenvalue weighted by Gasteiger charge is -2.16. The Morgan fingerprint density at radius 1 is 1.30 bits per heavy atom. The molecule has 4 N–H and O–H groups in total. The molecule has 2 fully saturated rings. The van der Waals surface area contributed by atoms with Crippen LogP contribution in [0.25, 0.3) is 0 Å². The topological polar surface area (TPSA) is 113 Å². The van der Waals surface area contributed by atoms with Crippen LogP contribution in [0.15, 0.2) is 12.1 Å². The van der Waals surface area contributed by atoms with Gasteiger partial charge in [0.1, 0.15) is 0 Å². The van der Waals surface area contributed by atoms with Gasteiger partial charge in [-0.15, -0.1) is 4.73 Å². The minimum atomic E-state index is -0.514. The Balaban J connectivity index is 1.37. The highest BCUT2D eigenvalue weighted by Gasteiger charge is 2.42. The van der Waals surface area contributed by atoms with Crippen LogP contribution in [0.4, 0.5) is 4.79 Å². The molecule has 0 aliphatic carbocycles. The average Bonchev–Trinajstić information content (AvgIpc) is 3.14. The van der Waals surface area contributed by atoms with E-state index in [-0.39, 0.29) is 36.3 Å². The van der Waals surface area contributed by atoms with Crippen molar-refractivity contribution in [2.75, 3.05) is 5.75 Å². The number of urea groups is 1. The van der Waals surface area contributed by atoms with E-state index in [4.69, 9.17) is 4.84 Å². The van der Waals surface area contributed by atoms with Crippen LogP contribution in [0.1, 0.15) is 25.7 Å². The van der Waals surface area contributed by atoms with Crippen LogP contribution < -0.4 is 15.5 Å². The van der Waals surface area contributed by atoms with Crippen LogP contribution in [0.3, 0.4) is 0 Å². The van der Waals surface area contributed by atoms with E-state index in [0.717, 1.165) is 18.6 Å². The van der Waals surface area contributed by atoms with Gasteiger partial charge in [0, 0.05) is 29.6 Å². The SMILES string of the molecule is O=C1NC2CSC(CCCCC(=O)On3c(O)ccc3O)[C@H]2N1. The van der Waals surface area contributed by atoms with Crippen molar-refractivity contribution in [3.05, 3.63) is 12.1 Å². The first-order valence-corrected chi connectivity index (χ1v) is 8.59. The van der Waals surface area contributed by atoms with Gasteiger partial charge in [-0.3, -0.25) is 0 Å². The molecule has 1 aromatic heterocycles. The summed E-state index contributed by atoms with van der Waals surface area (Å²) in [6.07, 6.45) is 2.61. The van der Waals surface area contributed by atoms with E-state index in [9.17, 15) is 19.8 Å². The van der Waals surface area contributed by atoms with Crippen molar-refractivity contribution >= 4 is 23.8 Å². The van der Waals surface area contributed by atoms with Gasteiger partial charge >= 0.3 is 12.0 Å². The summed E-state index contributed by atoms with van der Waals surface area (Å²) in [6, 6.07) is 2.76. The van der Waals surface area contributed by atoms with E-state index in [1.165, 1.54) is 12.1 Å². The second-order valence-corrected chi connectivity index (χ2v) is 6.95. The number of unbranched alkanes of at least 4 members (excludes halogenated alkanes) is 1. The summed E-state index contributed by atoms with van der Waals surface area (Å²) in [7, 11) is 0. The second kappa shape index (κ2) is 6.61. The predicted molar refractivity (Wildman–Crippen MR) is 83.3 cm³/mol. The highest BCUT2D eigenvalue weighted by atomic mass is 32.2. The molecule has 126 valence electrons. The standard InChI is InChI=1S/C14H19N3O5S/c18-10-5-6-11(19)17(10)22-12(20)4-2-1-3-9-13-8(7-23-9)15-14(21)16-13/h5-6,8-9,13,18-19H,1-4,7H2,(H2,15,16,21)/t8?,9?,13-/m0/s1. The van der Waals surface area contributed by atoms with Crippen molar-refractivity contribution in [3.63, 3.8) is 0 Å². The van der Waals surface area contributed by atoms with Crippen molar-refractivity contribution in [2.45, 2.75) is 43.0 Å². The van der Waals surface area contributed by atoms with Crippen molar-refractivity contribution < 1.29 is 24.6 Å². The number of thioether (sulfide) groups is 1. The molecule has 2 saturated heterocycles. The number of rotatable bonds is 6. The van der Waals surface area contributed by atoms with Gasteiger partial charge in [0.25, 0.3) is 0 Å². The molecule has 0 aromatic carbocycles. The molecule has 9 heteroatoms. The summed E-state index contributed by atoms with van der Waals surface area (Å²) in [5, 5.41) is 25.0. The van der Waals surface area contributed by atoms with Gasteiger partial charge in [-0.1, -0.05) is 6.42 Å². The number of carbonyl (C=O) groups excluding carboxylic acids is 2. The first-order valence-electron chi connectivity index (χ1n) is 7.54. The minimum absolute atomic E-state index is 0.0970. The molecule has 0 radical (unpaired) electrons. The minimum Gasteiger partial charge on any atom is -0.492 e. The lowest BCUT2D eigenvalue weighted by atomic mass is 10.0. The second-order valence-electron chi connectivity index (χ2n) is 5.68. The van der Waals surface area contributed by atoms with Gasteiger partial charge in [-0.05, 0) is 12.8 Å². The van der Waals surface area contributed by atoms with Gasteiger partial charge in [-0.2, -0.15) is 11.8 Å². The summed E-state index contributed by atoms with van der Waals surface area (Å²) >= 11 is 1.84. The van der Waals surface area contributed by atoms with Crippen molar-refractivity contribution in [3.8, 4) is 11.8 Å². The Hall–Kier alpha value is -2.03. The summed E-state index contributed by atoms with van der Waals surface area (Å²) in [4.78, 5) is 27.9. The third kappa shape index (κ3) is 3.49. The van der Waals surface area contributed by atoms with Gasteiger partial charge < -0.3 is 25.7 Å². The lowest BCUT2D eigenvalue weighted by Crippen LogP contribution is -2.36. The smallest absolute Gasteiger partial charge is 0.333 e. The summed E-state index contributed by atoms with van der Waals surface area (Å²) < 4.78 is 0.694. The highest BCUT2D eigenvalue weighted by Crippen LogP contribution is 2.33. The zero-order chi connectivity index (χ0) is 16.4. The number of aromatic hydroxyl groups is 2. The number of fused-ring (bicyclic) bond motifs is 1. The third-order valence-electron chi connectivity index (χ3n) is 4.05. The van der Waals surface area contributed by atoms with Crippen LogP contribution in [-0.2, 0) is 4.79 Å². The van der Waals surface area contributed by atoms with E-state index < -0.39 is 5.97 Å². The molecule has 2 aliphatic rings. The maximum Gasteiger partial charge on any atom is 0.333 e. The van der Waals surface area contributed by atoms with Gasteiger partial charge in [0.05, 0.1) is 12.1 Å². The van der Waals surface area contributed by atoms with E-state index >= 15 is 0 Å². The molecular weight excluding hydrogens is 322 g/mol. The number of nitrogens with zero attached hydrogens (tertiary/aromatic N) is 1. The number of amides is 2. The van der Waals surface area contributed by atoms with Crippen molar-refractivity contribution in [2.24, 2.45) is 0 Å². The van der Waals surface area contributed by atoms with E-state index in [1.54, 1.807) is 0 Å². The fourth-order valence-corrected chi connectivity index (χ4v) is 4.44. The van der Waals surface area contributed by atoms with E-state index in [2.05, 4.69) is 10.6 Å². The van der Waals surface area contributed by atoms with Gasteiger partial charge in [0.2, 0.25) is 11.8 Å². The molecule has 2 unspecified atom stereocenters. The first kappa shape index (κ1) is 15.9. The highest BCUT2D eigenvalue weighted by molar-refractivity contribution is 8.00. The molecule has 0 spiro atoms. The lowest BCUT2D eigenvalue weighted by molar-refractivity contribution is -0.145. The number of carbonyl (C=O) groups is 2. The maximum atomic E-state index is 11.7. The predicted octanol–water partition coefficient (Wildman–Crippen LogP) is 0.580. The van der Waals surface area contributed by atoms with Crippen LogP contribution >= 0.6 is 11.8 Å². The Kier molecular flexibility index (Phi) is 4.56. The van der Waals surface area contributed by atoms with Crippen molar-refractivity contribution in [1.29, 1.82) is 0 Å². The normalized spacial score (nSPS) is 25.7. The Morgan fingerprint density at radius 3 is 2.78 bits per heavy atom. The summed E-state index contributed by atoms with van der Waals surface area (Å²) in [5.41, 5.74) is 0. The molecule has 3 heterocycles. The Labute approximate surface area is 137 Å². The van der Waals surface area contributed by atoms with Crippen LogP contribution in [0.5, 0.6) is 11.8 Å². The Bertz CT molecular complexity index is 586. The molecule has 2 aliphatic heterocycles. The maximum absolute atomic E-state index is 11.7. The zero-order valence-electron chi connectivity index (χ0n) is 12.4. The molecule has 3 rings (SSSR count). The Morgan fingerprint density at radius 2 is 2.04 bits per heavy atom. The van der Waals surface area contributed by atoms with E-state index in [0.29, 0.717) is 16.4 Å². The molecule has 0 saturated carbocycles. The molecule has 3 atom stereocenters. The van der Waals surface area contributed by atoms with Crippen LogP contribution in [0.2, 0.25) is 0 Å². The number of nitrogens with one attached hydrogen (secondary N) is 2. The molecular formula is C14H19N3O5S.